The van der Waals surface area contributed by atoms with Crippen LogP contribution in [0.25, 0.3) is 11.6 Å². The number of nitrogens with zero attached hydrogens (tertiary/aromatic N) is 1. The molecule has 8 nitrogen and oxygen atoms in total. The molecule has 33 heavy (non-hydrogen) atoms. The maximum Gasteiger partial charge on any atom is 0.256 e. The van der Waals surface area contributed by atoms with Crippen molar-refractivity contribution in [2.75, 3.05) is 44.7 Å². The molecule has 0 aliphatic carbocycles. The Bertz CT molecular complexity index is 1080. The fraction of sp³-hybridized carbons (Fsp3) is 0.440. The number of anilines is 1. The third-order valence-corrected chi connectivity index (χ3v) is 6.32. The molecule has 0 saturated carbocycles. The Morgan fingerprint density at radius 3 is 2.64 bits per heavy atom. The lowest BCUT2D eigenvalue weighted by molar-refractivity contribution is -0.110. The van der Waals surface area contributed by atoms with E-state index >= 15 is 0 Å². The first-order valence-corrected chi connectivity index (χ1v) is 11.5. The molecule has 2 aromatic rings. The minimum Gasteiger partial charge on any atom is -0.358 e. The second kappa shape index (κ2) is 9.91. The van der Waals surface area contributed by atoms with Gasteiger partial charge in [0.05, 0.1) is 24.4 Å². The molecule has 0 unspecified atom stereocenters. The van der Waals surface area contributed by atoms with Crippen LogP contribution in [0.15, 0.2) is 18.2 Å². The predicted octanol–water partition coefficient (Wildman–Crippen LogP) is 3.24. The predicted molar refractivity (Wildman–Crippen MR) is 128 cm³/mol. The van der Waals surface area contributed by atoms with Crippen molar-refractivity contribution < 1.29 is 19.1 Å². The van der Waals surface area contributed by atoms with E-state index in [1.54, 1.807) is 0 Å². The van der Waals surface area contributed by atoms with E-state index in [-0.39, 0.29) is 11.8 Å². The number of aromatic nitrogens is 1. The average Bonchev–Trinajstić information content (AvgIpc) is 3.50. The lowest BCUT2D eigenvalue weighted by Crippen LogP contribution is -2.35. The van der Waals surface area contributed by atoms with Gasteiger partial charge in [0.15, 0.2) is 6.29 Å². The van der Waals surface area contributed by atoms with Crippen molar-refractivity contribution in [2.24, 2.45) is 0 Å². The minimum atomic E-state index is -0.409. The Labute approximate surface area is 194 Å². The number of benzene rings is 1. The van der Waals surface area contributed by atoms with Gasteiger partial charge in [-0.1, -0.05) is 19.9 Å². The van der Waals surface area contributed by atoms with Gasteiger partial charge >= 0.3 is 0 Å². The van der Waals surface area contributed by atoms with Crippen LogP contribution in [-0.2, 0) is 14.3 Å². The lowest BCUT2D eigenvalue weighted by Gasteiger charge is -2.18. The van der Waals surface area contributed by atoms with Crippen LogP contribution in [0.3, 0.4) is 0 Å². The minimum absolute atomic E-state index is 0.104. The topological polar surface area (TPSA) is 95.7 Å². The molecule has 0 spiro atoms. The summed E-state index contributed by atoms with van der Waals surface area (Å²) in [6, 6.07) is 5.71. The van der Waals surface area contributed by atoms with Crippen molar-refractivity contribution in [2.45, 2.75) is 34.0 Å². The number of nitrogens with one attached hydrogen (secondary N) is 3. The van der Waals surface area contributed by atoms with E-state index in [4.69, 9.17) is 9.47 Å². The molecule has 0 radical (unpaired) electrons. The van der Waals surface area contributed by atoms with Crippen LogP contribution in [0.4, 0.5) is 5.69 Å². The number of carbonyl (C=O) groups is 2. The number of hydrogen-bond acceptors (Lipinski definition) is 5. The first-order chi connectivity index (χ1) is 15.9. The summed E-state index contributed by atoms with van der Waals surface area (Å²) in [5.41, 5.74) is 5.94. The number of fused-ring (bicyclic) bond motifs is 1. The smallest absolute Gasteiger partial charge is 0.256 e. The Morgan fingerprint density at radius 1 is 1.21 bits per heavy atom. The Morgan fingerprint density at radius 2 is 1.94 bits per heavy atom. The highest BCUT2D eigenvalue weighted by atomic mass is 16.7. The Balaban J connectivity index is 1.57. The van der Waals surface area contributed by atoms with Crippen LogP contribution in [-0.4, -0.2) is 61.1 Å². The zero-order valence-corrected chi connectivity index (χ0v) is 19.7. The SMILES string of the molecule is CCN(CC)CCNC(=O)c1c(C)[nH]c(/C=C2\C(=O)Nc3ccc(C4OCCO4)cc32)c1C. The number of hydrogen-bond donors (Lipinski definition) is 3. The third kappa shape index (κ3) is 4.73. The summed E-state index contributed by atoms with van der Waals surface area (Å²) in [6.45, 7) is 12.4. The molecule has 1 aromatic heterocycles. The van der Waals surface area contributed by atoms with Crippen LogP contribution in [0.5, 0.6) is 0 Å². The summed E-state index contributed by atoms with van der Waals surface area (Å²) in [5, 5.41) is 5.93. The number of H-pyrrole nitrogens is 1. The molecule has 4 rings (SSSR count). The number of ether oxygens (including phenoxy) is 2. The summed E-state index contributed by atoms with van der Waals surface area (Å²) in [5.74, 6) is -0.278. The molecule has 2 amide bonds. The van der Waals surface area contributed by atoms with Crippen molar-refractivity contribution in [1.29, 1.82) is 0 Å². The molecule has 0 bridgehead atoms. The second-order valence-electron chi connectivity index (χ2n) is 8.34. The molecule has 2 aliphatic heterocycles. The zero-order valence-electron chi connectivity index (χ0n) is 19.7. The molecule has 8 heteroatoms. The quantitative estimate of drug-likeness (QED) is 0.535. The lowest BCUT2D eigenvalue weighted by atomic mass is 10.0. The van der Waals surface area contributed by atoms with Gasteiger partial charge in [-0.25, -0.2) is 0 Å². The fourth-order valence-electron chi connectivity index (χ4n) is 4.41. The number of rotatable bonds is 8. The largest absolute Gasteiger partial charge is 0.358 e. The van der Waals surface area contributed by atoms with Gasteiger partial charge in [0.1, 0.15) is 0 Å². The van der Waals surface area contributed by atoms with Gasteiger partial charge in [-0.05, 0) is 50.7 Å². The standard InChI is InChI=1S/C25H32N4O4/c1-5-29(6-2)10-9-26-24(31)22-15(3)21(27-16(22)4)14-19-18-13-17(25-32-11-12-33-25)7-8-20(18)28-23(19)30/h7-8,13-14,25,27H,5-6,9-12H2,1-4H3,(H,26,31)(H,28,30)/b19-14-. The molecule has 2 aliphatic rings. The van der Waals surface area contributed by atoms with Gasteiger partial charge in [0, 0.05) is 41.3 Å². The van der Waals surface area contributed by atoms with Crippen molar-refractivity contribution in [1.82, 2.24) is 15.2 Å². The summed E-state index contributed by atoms with van der Waals surface area (Å²) in [4.78, 5) is 31.1. The molecule has 3 heterocycles. The number of amides is 2. The van der Waals surface area contributed by atoms with Crippen molar-refractivity contribution >= 4 is 29.2 Å². The van der Waals surface area contributed by atoms with Crippen LogP contribution < -0.4 is 10.6 Å². The molecule has 0 atom stereocenters. The molecule has 1 fully saturated rings. The van der Waals surface area contributed by atoms with Crippen LogP contribution >= 0.6 is 0 Å². The van der Waals surface area contributed by atoms with Crippen LogP contribution in [0.1, 0.15) is 58.6 Å². The zero-order chi connectivity index (χ0) is 23.5. The van der Waals surface area contributed by atoms with E-state index in [9.17, 15) is 9.59 Å². The van der Waals surface area contributed by atoms with Crippen LogP contribution in [0, 0.1) is 13.8 Å². The highest BCUT2D eigenvalue weighted by molar-refractivity contribution is 6.35. The Hall–Kier alpha value is -2.94. The molecule has 176 valence electrons. The van der Waals surface area contributed by atoms with E-state index in [0.29, 0.717) is 30.9 Å². The molecule has 3 N–H and O–H groups in total. The monoisotopic (exact) mass is 452 g/mol. The van der Waals surface area contributed by atoms with Gasteiger partial charge in [0.2, 0.25) is 0 Å². The second-order valence-corrected chi connectivity index (χ2v) is 8.34. The summed E-state index contributed by atoms with van der Waals surface area (Å²) < 4.78 is 11.2. The first kappa shape index (κ1) is 23.2. The maximum atomic E-state index is 12.9. The summed E-state index contributed by atoms with van der Waals surface area (Å²) >= 11 is 0. The number of aromatic amines is 1. The fourth-order valence-corrected chi connectivity index (χ4v) is 4.41. The van der Waals surface area contributed by atoms with E-state index in [2.05, 4.69) is 34.4 Å². The Kier molecular flexibility index (Phi) is 6.97. The molecular weight excluding hydrogens is 420 g/mol. The normalized spacial score (nSPS) is 17.1. The van der Waals surface area contributed by atoms with Crippen molar-refractivity contribution in [3.8, 4) is 0 Å². The van der Waals surface area contributed by atoms with Crippen molar-refractivity contribution in [3.63, 3.8) is 0 Å². The third-order valence-electron chi connectivity index (χ3n) is 6.32. The van der Waals surface area contributed by atoms with Gasteiger partial charge in [-0.2, -0.15) is 0 Å². The molecule has 1 aromatic carbocycles. The van der Waals surface area contributed by atoms with E-state index in [1.807, 2.05) is 38.1 Å². The van der Waals surface area contributed by atoms with E-state index in [0.717, 1.165) is 53.4 Å². The molecule has 1 saturated heterocycles. The number of aryl methyl sites for hydroxylation is 1. The van der Waals surface area contributed by atoms with Crippen LogP contribution in [0.2, 0.25) is 0 Å². The van der Waals surface area contributed by atoms with Gasteiger partial charge < -0.3 is 30.0 Å². The average molecular weight is 453 g/mol. The maximum absolute atomic E-state index is 12.9. The van der Waals surface area contributed by atoms with Gasteiger partial charge in [-0.3, -0.25) is 9.59 Å². The van der Waals surface area contributed by atoms with Crippen molar-refractivity contribution in [3.05, 3.63) is 51.8 Å². The molecular formula is C25H32N4O4. The van der Waals surface area contributed by atoms with Gasteiger partial charge in [0.25, 0.3) is 11.8 Å². The number of carbonyl (C=O) groups excluding carboxylic acids is 2. The van der Waals surface area contributed by atoms with E-state index in [1.165, 1.54) is 0 Å². The highest BCUT2D eigenvalue weighted by Gasteiger charge is 2.28. The highest BCUT2D eigenvalue weighted by Crippen LogP contribution is 2.37. The number of likely N-dealkylation sites (N-methyl/N-ethyl adjacent to an activating group) is 1. The van der Waals surface area contributed by atoms with E-state index < -0.39 is 6.29 Å². The summed E-state index contributed by atoms with van der Waals surface area (Å²) in [7, 11) is 0. The summed E-state index contributed by atoms with van der Waals surface area (Å²) in [6.07, 6.45) is 1.41. The van der Waals surface area contributed by atoms with Gasteiger partial charge in [-0.15, -0.1) is 0 Å². The first-order valence-electron chi connectivity index (χ1n) is 11.5.